The van der Waals surface area contributed by atoms with E-state index in [2.05, 4.69) is 24.1 Å². The first-order valence-electron chi connectivity index (χ1n) is 5.21. The molecule has 1 aliphatic heterocycles. The third kappa shape index (κ3) is 0.728. The minimum atomic E-state index is 0.911. The summed E-state index contributed by atoms with van der Waals surface area (Å²) in [7, 11) is 4.50. The Bertz CT molecular complexity index is 202. The van der Waals surface area contributed by atoms with Gasteiger partial charge in [-0.15, -0.1) is 0 Å². The lowest BCUT2D eigenvalue weighted by Gasteiger charge is -2.29. The van der Waals surface area contributed by atoms with E-state index in [0.717, 1.165) is 23.8 Å². The maximum atomic E-state index is 2.49. The molecule has 12 heavy (non-hydrogen) atoms. The predicted molar refractivity (Wildman–Crippen MR) is 48.5 cm³/mol. The predicted octanol–water partition coefficient (Wildman–Crippen LogP) is 1.19. The van der Waals surface area contributed by atoms with Gasteiger partial charge in [0.2, 0.25) is 0 Å². The van der Waals surface area contributed by atoms with Gasteiger partial charge in [0.15, 0.2) is 0 Å². The first-order chi connectivity index (χ1) is 5.77. The van der Waals surface area contributed by atoms with Gasteiger partial charge in [-0.25, -0.2) is 10.0 Å². The van der Waals surface area contributed by atoms with E-state index in [9.17, 15) is 0 Å². The molecular formula is C10H18N2. The summed E-state index contributed by atoms with van der Waals surface area (Å²) in [6.07, 6.45) is 4.56. The Morgan fingerprint density at radius 2 is 1.83 bits per heavy atom. The van der Waals surface area contributed by atoms with E-state index in [-0.39, 0.29) is 0 Å². The molecular weight excluding hydrogens is 148 g/mol. The van der Waals surface area contributed by atoms with E-state index >= 15 is 0 Å². The van der Waals surface area contributed by atoms with Gasteiger partial charge in [-0.2, -0.15) is 0 Å². The third-order valence-corrected chi connectivity index (χ3v) is 4.49. The number of hydrogen-bond donors (Lipinski definition) is 0. The average molecular weight is 166 g/mol. The van der Waals surface area contributed by atoms with Crippen LogP contribution in [0, 0.1) is 17.8 Å². The standard InChI is InChI=1S/C10H18N2/c1-11-6-9-7-3-4-8(5-7)10(9)12(11)2/h7-10H,3-6H2,1-2H3. The van der Waals surface area contributed by atoms with Crippen molar-refractivity contribution in [3.63, 3.8) is 0 Å². The summed E-state index contributed by atoms with van der Waals surface area (Å²) in [5.74, 6) is 3.13. The molecule has 0 aromatic heterocycles. The molecule has 0 aromatic carbocycles. The van der Waals surface area contributed by atoms with Crippen molar-refractivity contribution in [3.8, 4) is 0 Å². The molecule has 4 unspecified atom stereocenters. The number of hydrazine groups is 1. The quantitative estimate of drug-likeness (QED) is 0.533. The molecule has 2 aliphatic carbocycles. The summed E-state index contributed by atoms with van der Waals surface area (Å²) in [5, 5.41) is 4.91. The van der Waals surface area contributed by atoms with Crippen LogP contribution in [0.5, 0.6) is 0 Å². The van der Waals surface area contributed by atoms with Crippen molar-refractivity contribution >= 4 is 0 Å². The fourth-order valence-corrected chi connectivity index (χ4v) is 3.88. The lowest BCUT2D eigenvalue weighted by Crippen LogP contribution is -2.38. The Kier molecular flexibility index (Phi) is 1.37. The molecule has 2 saturated carbocycles. The Balaban J connectivity index is 1.90. The zero-order valence-electron chi connectivity index (χ0n) is 8.03. The minimum Gasteiger partial charge on any atom is -0.244 e. The van der Waals surface area contributed by atoms with Gasteiger partial charge < -0.3 is 0 Å². The molecule has 0 amide bonds. The summed E-state index contributed by atoms with van der Waals surface area (Å²) < 4.78 is 0. The van der Waals surface area contributed by atoms with Gasteiger partial charge in [0.25, 0.3) is 0 Å². The number of rotatable bonds is 0. The van der Waals surface area contributed by atoms with Crippen molar-refractivity contribution in [1.82, 2.24) is 10.0 Å². The molecule has 68 valence electrons. The topological polar surface area (TPSA) is 6.48 Å². The van der Waals surface area contributed by atoms with Crippen LogP contribution < -0.4 is 0 Å². The van der Waals surface area contributed by atoms with Crippen molar-refractivity contribution in [3.05, 3.63) is 0 Å². The first kappa shape index (κ1) is 7.34. The zero-order valence-corrected chi connectivity index (χ0v) is 8.03. The van der Waals surface area contributed by atoms with E-state index in [0.29, 0.717) is 0 Å². The lowest BCUT2D eigenvalue weighted by atomic mass is 9.86. The summed E-state index contributed by atoms with van der Waals surface area (Å²) in [4.78, 5) is 0. The molecule has 0 aromatic rings. The molecule has 2 heteroatoms. The van der Waals surface area contributed by atoms with Crippen LogP contribution in [-0.2, 0) is 0 Å². The molecule has 0 radical (unpaired) electrons. The number of fused-ring (bicyclic) bond motifs is 5. The van der Waals surface area contributed by atoms with Gasteiger partial charge in [0.05, 0.1) is 0 Å². The molecule has 1 heterocycles. The molecule has 4 atom stereocenters. The maximum Gasteiger partial charge on any atom is 0.0314 e. The van der Waals surface area contributed by atoms with Crippen molar-refractivity contribution in [2.75, 3.05) is 20.6 Å². The van der Waals surface area contributed by atoms with Gasteiger partial charge in [0.1, 0.15) is 0 Å². The van der Waals surface area contributed by atoms with Crippen molar-refractivity contribution in [2.24, 2.45) is 17.8 Å². The monoisotopic (exact) mass is 166 g/mol. The average Bonchev–Trinajstić information content (AvgIpc) is 2.66. The van der Waals surface area contributed by atoms with Crippen LogP contribution in [0.1, 0.15) is 19.3 Å². The zero-order chi connectivity index (χ0) is 8.29. The van der Waals surface area contributed by atoms with Crippen LogP contribution in [-0.4, -0.2) is 36.7 Å². The molecule has 2 bridgehead atoms. The second kappa shape index (κ2) is 2.24. The van der Waals surface area contributed by atoms with E-state index in [1.807, 2.05) is 0 Å². The van der Waals surface area contributed by atoms with Gasteiger partial charge in [0, 0.05) is 26.7 Å². The fourth-order valence-electron chi connectivity index (χ4n) is 3.88. The van der Waals surface area contributed by atoms with E-state index in [1.165, 1.54) is 25.8 Å². The Labute approximate surface area is 74.5 Å². The van der Waals surface area contributed by atoms with Crippen LogP contribution in [0.4, 0.5) is 0 Å². The van der Waals surface area contributed by atoms with Gasteiger partial charge in [-0.05, 0) is 37.0 Å². The van der Waals surface area contributed by atoms with Crippen LogP contribution in [0.3, 0.4) is 0 Å². The molecule has 2 nitrogen and oxygen atoms in total. The number of nitrogens with zero attached hydrogens (tertiary/aromatic N) is 2. The van der Waals surface area contributed by atoms with E-state index in [1.54, 1.807) is 0 Å². The van der Waals surface area contributed by atoms with E-state index < -0.39 is 0 Å². The third-order valence-electron chi connectivity index (χ3n) is 4.49. The Morgan fingerprint density at radius 3 is 2.58 bits per heavy atom. The summed E-state index contributed by atoms with van der Waals surface area (Å²) in [6.45, 7) is 1.32. The second-order valence-electron chi connectivity index (χ2n) is 4.90. The molecule has 3 rings (SSSR count). The lowest BCUT2D eigenvalue weighted by molar-refractivity contribution is 0.0329. The highest BCUT2D eigenvalue weighted by Crippen LogP contribution is 2.52. The van der Waals surface area contributed by atoms with Crippen molar-refractivity contribution in [2.45, 2.75) is 25.3 Å². The molecule has 1 saturated heterocycles. The SMILES string of the molecule is CN1CC2C3CCC(C3)C2N1C. The van der Waals surface area contributed by atoms with Crippen LogP contribution in [0.15, 0.2) is 0 Å². The van der Waals surface area contributed by atoms with Gasteiger partial charge >= 0.3 is 0 Å². The molecule has 3 fully saturated rings. The van der Waals surface area contributed by atoms with Crippen LogP contribution >= 0.6 is 0 Å². The van der Waals surface area contributed by atoms with Crippen LogP contribution in [0.2, 0.25) is 0 Å². The Morgan fingerprint density at radius 1 is 1.08 bits per heavy atom. The van der Waals surface area contributed by atoms with Gasteiger partial charge in [-0.3, -0.25) is 0 Å². The number of hydrogen-bond acceptors (Lipinski definition) is 2. The van der Waals surface area contributed by atoms with Gasteiger partial charge in [-0.1, -0.05) is 0 Å². The normalized spacial score (nSPS) is 53.5. The second-order valence-corrected chi connectivity index (χ2v) is 4.90. The fraction of sp³-hybridized carbons (Fsp3) is 1.00. The molecule has 0 spiro atoms. The minimum absolute atomic E-state index is 0.911. The van der Waals surface area contributed by atoms with Crippen LogP contribution in [0.25, 0.3) is 0 Å². The maximum absolute atomic E-state index is 2.49. The highest BCUT2D eigenvalue weighted by atomic mass is 15.6. The Hall–Kier alpha value is -0.0800. The highest BCUT2D eigenvalue weighted by molar-refractivity contribution is 5.03. The highest BCUT2D eigenvalue weighted by Gasteiger charge is 2.53. The molecule has 0 N–H and O–H groups in total. The van der Waals surface area contributed by atoms with E-state index in [4.69, 9.17) is 0 Å². The summed E-state index contributed by atoms with van der Waals surface area (Å²) >= 11 is 0. The van der Waals surface area contributed by atoms with Crippen molar-refractivity contribution < 1.29 is 0 Å². The largest absolute Gasteiger partial charge is 0.244 e. The summed E-state index contributed by atoms with van der Waals surface area (Å²) in [6, 6.07) is 0.911. The van der Waals surface area contributed by atoms with Crippen molar-refractivity contribution in [1.29, 1.82) is 0 Å². The molecule has 3 aliphatic rings. The first-order valence-corrected chi connectivity index (χ1v) is 5.21. The summed E-state index contributed by atoms with van der Waals surface area (Å²) in [5.41, 5.74) is 0. The smallest absolute Gasteiger partial charge is 0.0314 e.